The monoisotopic (exact) mass is 192 g/mol. The normalized spacial score (nSPS) is 10.0. The van der Waals surface area contributed by atoms with Gasteiger partial charge in [-0.3, -0.25) is 10.2 Å². The minimum Gasteiger partial charge on any atom is -0.288 e. The molecule has 0 heterocycles. The van der Waals surface area contributed by atoms with E-state index in [9.17, 15) is 4.79 Å². The molecule has 3 nitrogen and oxygen atoms in total. The van der Waals surface area contributed by atoms with Crippen LogP contribution in [0.25, 0.3) is 0 Å². The molecule has 76 valence electrons. The largest absolute Gasteiger partial charge is 0.288 e. The molecule has 0 radical (unpaired) electrons. The van der Waals surface area contributed by atoms with Crippen molar-refractivity contribution < 1.29 is 4.79 Å². The number of rotatable bonds is 2. The molecule has 0 aromatic heterocycles. The summed E-state index contributed by atoms with van der Waals surface area (Å²) in [6.45, 7) is 5.99. The molecule has 0 aliphatic carbocycles. The van der Waals surface area contributed by atoms with Crippen molar-refractivity contribution in [1.82, 2.24) is 10.9 Å². The first kappa shape index (κ1) is 10.7. The van der Waals surface area contributed by atoms with E-state index in [-0.39, 0.29) is 5.91 Å². The molecule has 0 fully saturated rings. The minimum atomic E-state index is -0.0897. The van der Waals surface area contributed by atoms with Gasteiger partial charge in [0.1, 0.15) is 0 Å². The number of carbonyl (C=O) groups excluding carboxylic acids is 1. The highest BCUT2D eigenvalue weighted by Crippen LogP contribution is 2.14. The van der Waals surface area contributed by atoms with Crippen LogP contribution in [-0.2, 0) is 0 Å². The van der Waals surface area contributed by atoms with Gasteiger partial charge in [0.05, 0.1) is 0 Å². The molecule has 0 saturated carbocycles. The second kappa shape index (κ2) is 4.24. The number of hydrogen-bond donors (Lipinski definition) is 2. The highest BCUT2D eigenvalue weighted by Gasteiger charge is 2.09. The third-order valence-corrected chi connectivity index (χ3v) is 2.32. The van der Waals surface area contributed by atoms with Crippen molar-refractivity contribution in [2.24, 2.45) is 0 Å². The number of nitrogens with one attached hydrogen (secondary N) is 2. The van der Waals surface area contributed by atoms with Gasteiger partial charge in [-0.15, -0.1) is 0 Å². The van der Waals surface area contributed by atoms with Crippen LogP contribution in [0, 0.1) is 20.8 Å². The highest BCUT2D eigenvalue weighted by molar-refractivity contribution is 5.95. The van der Waals surface area contributed by atoms with Crippen LogP contribution >= 0.6 is 0 Å². The van der Waals surface area contributed by atoms with Gasteiger partial charge in [-0.05, 0) is 43.5 Å². The molecule has 3 heteroatoms. The summed E-state index contributed by atoms with van der Waals surface area (Å²) in [7, 11) is 1.67. The van der Waals surface area contributed by atoms with Crippen LogP contribution in [0.2, 0.25) is 0 Å². The van der Waals surface area contributed by atoms with Gasteiger partial charge in [0.2, 0.25) is 0 Å². The van der Waals surface area contributed by atoms with Gasteiger partial charge in [-0.25, -0.2) is 5.43 Å². The lowest BCUT2D eigenvalue weighted by Gasteiger charge is -2.09. The molecule has 14 heavy (non-hydrogen) atoms. The van der Waals surface area contributed by atoms with E-state index in [2.05, 4.69) is 10.9 Å². The SMILES string of the molecule is CNNC(=O)c1cc(C)c(C)cc1C. The topological polar surface area (TPSA) is 41.1 Å². The maximum absolute atomic E-state index is 11.6. The number of carbonyl (C=O) groups is 1. The molecule has 0 saturated heterocycles. The molecule has 0 atom stereocenters. The van der Waals surface area contributed by atoms with Gasteiger partial charge in [-0.1, -0.05) is 6.07 Å². The number of amides is 1. The van der Waals surface area contributed by atoms with Gasteiger partial charge < -0.3 is 0 Å². The van der Waals surface area contributed by atoms with Gasteiger partial charge >= 0.3 is 0 Å². The summed E-state index contributed by atoms with van der Waals surface area (Å²) in [5.74, 6) is -0.0897. The lowest BCUT2D eigenvalue weighted by atomic mass is 10.0. The van der Waals surface area contributed by atoms with E-state index < -0.39 is 0 Å². The standard InChI is InChI=1S/C11H16N2O/c1-7-5-9(3)10(6-8(7)2)11(14)13-12-4/h5-6,12H,1-4H3,(H,13,14). The van der Waals surface area contributed by atoms with Crippen molar-refractivity contribution in [1.29, 1.82) is 0 Å². The molecule has 2 N–H and O–H groups in total. The maximum Gasteiger partial charge on any atom is 0.265 e. The summed E-state index contributed by atoms with van der Waals surface area (Å²) in [6, 6.07) is 3.94. The van der Waals surface area contributed by atoms with Crippen molar-refractivity contribution in [3.63, 3.8) is 0 Å². The zero-order chi connectivity index (χ0) is 10.7. The van der Waals surface area contributed by atoms with Crippen LogP contribution in [-0.4, -0.2) is 13.0 Å². The van der Waals surface area contributed by atoms with Crippen molar-refractivity contribution in [2.45, 2.75) is 20.8 Å². The van der Waals surface area contributed by atoms with Crippen molar-refractivity contribution in [3.05, 3.63) is 34.4 Å². The van der Waals surface area contributed by atoms with Gasteiger partial charge in [0.15, 0.2) is 0 Å². The van der Waals surface area contributed by atoms with E-state index in [1.807, 2.05) is 32.9 Å². The quantitative estimate of drug-likeness (QED) is 0.697. The minimum absolute atomic E-state index is 0.0897. The van der Waals surface area contributed by atoms with E-state index in [4.69, 9.17) is 0 Å². The number of hydrazine groups is 1. The summed E-state index contributed by atoms with van der Waals surface area (Å²) in [5, 5.41) is 0. The third-order valence-electron chi connectivity index (χ3n) is 2.32. The fraction of sp³-hybridized carbons (Fsp3) is 0.364. The Bertz CT molecular complexity index is 359. The molecule has 1 aromatic carbocycles. The Kier molecular flexibility index (Phi) is 3.25. The van der Waals surface area contributed by atoms with Gasteiger partial charge in [-0.2, -0.15) is 0 Å². The zero-order valence-corrected chi connectivity index (χ0v) is 9.06. The van der Waals surface area contributed by atoms with Gasteiger partial charge in [0.25, 0.3) is 5.91 Å². The first-order valence-corrected chi connectivity index (χ1v) is 4.61. The number of aryl methyl sites for hydroxylation is 3. The molecular weight excluding hydrogens is 176 g/mol. The molecule has 1 aromatic rings. The van der Waals surface area contributed by atoms with E-state index in [0.717, 1.165) is 16.7 Å². The molecule has 0 aliphatic rings. The number of benzene rings is 1. The maximum atomic E-state index is 11.6. The van der Waals surface area contributed by atoms with E-state index in [1.54, 1.807) is 7.05 Å². The molecule has 0 aliphatic heterocycles. The summed E-state index contributed by atoms with van der Waals surface area (Å²) >= 11 is 0. The zero-order valence-electron chi connectivity index (χ0n) is 9.06. The Balaban J connectivity index is 3.09. The Morgan fingerprint density at radius 2 is 1.64 bits per heavy atom. The fourth-order valence-electron chi connectivity index (χ4n) is 1.39. The second-order valence-electron chi connectivity index (χ2n) is 3.46. The molecule has 1 amide bonds. The third kappa shape index (κ3) is 2.12. The van der Waals surface area contributed by atoms with Gasteiger partial charge in [0, 0.05) is 12.6 Å². The second-order valence-corrected chi connectivity index (χ2v) is 3.46. The van der Waals surface area contributed by atoms with Crippen LogP contribution < -0.4 is 10.9 Å². The Morgan fingerprint density at radius 1 is 1.07 bits per heavy atom. The molecule has 0 unspecified atom stereocenters. The van der Waals surface area contributed by atoms with Crippen molar-refractivity contribution >= 4 is 5.91 Å². The van der Waals surface area contributed by atoms with Crippen LogP contribution in [0.4, 0.5) is 0 Å². The van der Waals surface area contributed by atoms with E-state index in [0.29, 0.717) is 0 Å². The van der Waals surface area contributed by atoms with Crippen molar-refractivity contribution in [3.8, 4) is 0 Å². The van der Waals surface area contributed by atoms with E-state index in [1.165, 1.54) is 5.56 Å². The van der Waals surface area contributed by atoms with Crippen LogP contribution in [0.1, 0.15) is 27.0 Å². The summed E-state index contributed by atoms with van der Waals surface area (Å²) in [5.41, 5.74) is 9.26. The lowest BCUT2D eigenvalue weighted by Crippen LogP contribution is -2.34. The van der Waals surface area contributed by atoms with Crippen LogP contribution in [0.5, 0.6) is 0 Å². The lowest BCUT2D eigenvalue weighted by molar-refractivity contribution is 0.0937. The van der Waals surface area contributed by atoms with Crippen LogP contribution in [0.3, 0.4) is 0 Å². The molecular formula is C11H16N2O. The Hall–Kier alpha value is -1.35. The molecule has 0 bridgehead atoms. The highest BCUT2D eigenvalue weighted by atomic mass is 16.2. The number of hydrogen-bond acceptors (Lipinski definition) is 2. The molecule has 1 rings (SSSR count). The first-order chi connectivity index (χ1) is 6.56. The van der Waals surface area contributed by atoms with E-state index >= 15 is 0 Å². The average molecular weight is 192 g/mol. The first-order valence-electron chi connectivity index (χ1n) is 4.61. The fourth-order valence-corrected chi connectivity index (χ4v) is 1.39. The average Bonchev–Trinajstić information content (AvgIpc) is 2.11. The predicted octanol–water partition coefficient (Wildman–Crippen LogP) is 1.48. The predicted molar refractivity (Wildman–Crippen MR) is 57.2 cm³/mol. The van der Waals surface area contributed by atoms with Crippen LogP contribution in [0.15, 0.2) is 12.1 Å². The van der Waals surface area contributed by atoms with Crippen molar-refractivity contribution in [2.75, 3.05) is 7.05 Å². The summed E-state index contributed by atoms with van der Waals surface area (Å²) in [4.78, 5) is 11.6. The Morgan fingerprint density at radius 3 is 2.21 bits per heavy atom. The summed E-state index contributed by atoms with van der Waals surface area (Å²) in [6.07, 6.45) is 0. The molecule has 0 spiro atoms. The smallest absolute Gasteiger partial charge is 0.265 e. The Labute approximate surface area is 84.5 Å². The summed E-state index contributed by atoms with van der Waals surface area (Å²) < 4.78 is 0.